The second kappa shape index (κ2) is 5.28. The standard InChI is InChI=1S/C13H17N7/c1-3-6-20-7-5-15-12(20)10-9-8-16-19-11(9)18-13(17-10)14-4-2/h5,7-8H,3-4,6H2,1-2H3,(H2,14,16,17,18,19). The molecule has 0 saturated heterocycles. The molecule has 0 unspecified atom stereocenters. The van der Waals surface area contributed by atoms with Gasteiger partial charge in [0.1, 0.15) is 5.69 Å². The summed E-state index contributed by atoms with van der Waals surface area (Å²) in [7, 11) is 0. The number of hydrogen-bond acceptors (Lipinski definition) is 5. The molecule has 0 aliphatic heterocycles. The zero-order chi connectivity index (χ0) is 13.9. The Hall–Kier alpha value is -2.44. The van der Waals surface area contributed by atoms with Gasteiger partial charge in [-0.1, -0.05) is 6.92 Å². The maximum absolute atomic E-state index is 4.58. The van der Waals surface area contributed by atoms with Crippen molar-refractivity contribution in [3.05, 3.63) is 18.6 Å². The van der Waals surface area contributed by atoms with Gasteiger partial charge in [-0.25, -0.2) is 9.97 Å². The van der Waals surface area contributed by atoms with E-state index >= 15 is 0 Å². The number of aryl methyl sites for hydroxylation is 1. The fourth-order valence-electron chi connectivity index (χ4n) is 2.19. The lowest BCUT2D eigenvalue weighted by atomic mass is 10.2. The number of aromatic nitrogens is 6. The van der Waals surface area contributed by atoms with Gasteiger partial charge in [0.2, 0.25) is 5.95 Å². The fourth-order valence-corrected chi connectivity index (χ4v) is 2.19. The number of nitrogens with zero attached hydrogens (tertiary/aromatic N) is 5. The molecular weight excluding hydrogens is 254 g/mol. The van der Waals surface area contributed by atoms with Crippen LogP contribution in [0.1, 0.15) is 20.3 Å². The summed E-state index contributed by atoms with van der Waals surface area (Å²) in [5.74, 6) is 1.44. The van der Waals surface area contributed by atoms with Crippen molar-refractivity contribution in [2.75, 3.05) is 11.9 Å². The normalized spacial score (nSPS) is 11.1. The van der Waals surface area contributed by atoms with Crippen molar-refractivity contribution in [2.45, 2.75) is 26.8 Å². The number of fused-ring (bicyclic) bond motifs is 1. The van der Waals surface area contributed by atoms with Gasteiger partial charge in [0.25, 0.3) is 0 Å². The monoisotopic (exact) mass is 271 g/mol. The van der Waals surface area contributed by atoms with Gasteiger partial charge in [-0.05, 0) is 13.3 Å². The molecule has 3 aromatic rings. The Bertz CT molecular complexity index is 712. The van der Waals surface area contributed by atoms with E-state index in [2.05, 4.69) is 42.0 Å². The molecule has 0 atom stereocenters. The Morgan fingerprint density at radius 1 is 1.30 bits per heavy atom. The molecule has 7 nitrogen and oxygen atoms in total. The van der Waals surface area contributed by atoms with Crippen LogP contribution in [0.5, 0.6) is 0 Å². The number of anilines is 1. The van der Waals surface area contributed by atoms with Crippen LogP contribution in [0.4, 0.5) is 5.95 Å². The quantitative estimate of drug-likeness (QED) is 0.742. The summed E-state index contributed by atoms with van der Waals surface area (Å²) in [6.07, 6.45) is 6.56. The van der Waals surface area contributed by atoms with E-state index in [1.807, 2.05) is 13.1 Å². The van der Waals surface area contributed by atoms with E-state index in [9.17, 15) is 0 Å². The molecular formula is C13H17N7. The molecule has 20 heavy (non-hydrogen) atoms. The van der Waals surface area contributed by atoms with Gasteiger partial charge >= 0.3 is 0 Å². The maximum atomic E-state index is 4.58. The third-order valence-electron chi connectivity index (χ3n) is 3.04. The van der Waals surface area contributed by atoms with Crippen LogP contribution in [0.3, 0.4) is 0 Å². The van der Waals surface area contributed by atoms with Crippen molar-refractivity contribution < 1.29 is 0 Å². The number of rotatable bonds is 5. The zero-order valence-corrected chi connectivity index (χ0v) is 11.6. The highest BCUT2D eigenvalue weighted by atomic mass is 15.2. The minimum absolute atomic E-state index is 0.588. The molecule has 3 heterocycles. The van der Waals surface area contributed by atoms with Crippen molar-refractivity contribution >= 4 is 17.0 Å². The molecule has 0 amide bonds. The van der Waals surface area contributed by atoms with E-state index in [1.165, 1.54) is 0 Å². The van der Waals surface area contributed by atoms with Gasteiger partial charge in [0, 0.05) is 25.5 Å². The van der Waals surface area contributed by atoms with Crippen molar-refractivity contribution in [3.63, 3.8) is 0 Å². The van der Waals surface area contributed by atoms with E-state index in [4.69, 9.17) is 0 Å². The van der Waals surface area contributed by atoms with Crippen molar-refractivity contribution in [1.29, 1.82) is 0 Å². The second-order valence-electron chi connectivity index (χ2n) is 4.50. The SMILES string of the molecule is CCCn1ccnc1-c1nc(NCC)nc2[nH]ncc12. The van der Waals surface area contributed by atoms with Crippen LogP contribution in [0, 0.1) is 0 Å². The Balaban J connectivity index is 2.17. The zero-order valence-electron chi connectivity index (χ0n) is 11.6. The summed E-state index contributed by atoms with van der Waals surface area (Å²) >= 11 is 0. The molecule has 3 rings (SSSR count). The third kappa shape index (κ3) is 2.11. The summed E-state index contributed by atoms with van der Waals surface area (Å²) in [5, 5.41) is 11.0. The highest BCUT2D eigenvalue weighted by Crippen LogP contribution is 2.25. The van der Waals surface area contributed by atoms with Crippen LogP contribution in [0.2, 0.25) is 0 Å². The Morgan fingerprint density at radius 3 is 3.00 bits per heavy atom. The summed E-state index contributed by atoms with van der Waals surface area (Å²) in [4.78, 5) is 13.4. The number of nitrogens with one attached hydrogen (secondary N) is 2. The minimum Gasteiger partial charge on any atom is -0.354 e. The number of H-pyrrole nitrogens is 1. The molecule has 0 aliphatic rings. The molecule has 0 aliphatic carbocycles. The predicted octanol–water partition coefficient (Wildman–Crippen LogP) is 2.06. The van der Waals surface area contributed by atoms with E-state index < -0.39 is 0 Å². The summed E-state index contributed by atoms with van der Waals surface area (Å²) in [5.41, 5.74) is 1.52. The van der Waals surface area contributed by atoms with E-state index in [0.717, 1.165) is 42.1 Å². The fraction of sp³-hybridized carbons (Fsp3) is 0.385. The lowest BCUT2D eigenvalue weighted by Crippen LogP contribution is -2.06. The Kier molecular flexibility index (Phi) is 3.32. The summed E-state index contributed by atoms with van der Waals surface area (Å²) < 4.78 is 2.10. The van der Waals surface area contributed by atoms with Crippen LogP contribution in [-0.4, -0.2) is 36.3 Å². The molecule has 2 N–H and O–H groups in total. The average molecular weight is 271 g/mol. The van der Waals surface area contributed by atoms with Crippen molar-refractivity contribution in [2.24, 2.45) is 0 Å². The van der Waals surface area contributed by atoms with Gasteiger partial charge in [-0.3, -0.25) is 5.10 Å². The van der Waals surface area contributed by atoms with Crippen molar-refractivity contribution in [3.8, 4) is 11.5 Å². The minimum atomic E-state index is 0.588. The third-order valence-corrected chi connectivity index (χ3v) is 3.04. The lowest BCUT2D eigenvalue weighted by molar-refractivity contribution is 0.684. The second-order valence-corrected chi connectivity index (χ2v) is 4.50. The van der Waals surface area contributed by atoms with Crippen LogP contribution < -0.4 is 5.32 Å². The highest BCUT2D eigenvalue weighted by molar-refractivity contribution is 5.88. The molecule has 7 heteroatoms. The first-order valence-electron chi connectivity index (χ1n) is 6.80. The number of imidazole rings is 1. The Labute approximate surface area is 116 Å². The maximum Gasteiger partial charge on any atom is 0.225 e. The Morgan fingerprint density at radius 2 is 2.20 bits per heavy atom. The van der Waals surface area contributed by atoms with Gasteiger partial charge in [-0.2, -0.15) is 10.1 Å². The van der Waals surface area contributed by atoms with Gasteiger partial charge in [0.15, 0.2) is 11.5 Å². The first-order valence-corrected chi connectivity index (χ1v) is 6.80. The smallest absolute Gasteiger partial charge is 0.225 e. The van der Waals surface area contributed by atoms with Gasteiger partial charge < -0.3 is 9.88 Å². The summed E-state index contributed by atoms with van der Waals surface area (Å²) in [6.45, 7) is 5.83. The first kappa shape index (κ1) is 12.6. The van der Waals surface area contributed by atoms with Gasteiger partial charge in [-0.15, -0.1) is 0 Å². The molecule has 0 saturated carbocycles. The van der Waals surface area contributed by atoms with E-state index in [0.29, 0.717) is 5.95 Å². The lowest BCUT2D eigenvalue weighted by Gasteiger charge is -2.08. The van der Waals surface area contributed by atoms with Crippen LogP contribution in [0.25, 0.3) is 22.6 Å². The van der Waals surface area contributed by atoms with Crippen LogP contribution >= 0.6 is 0 Å². The van der Waals surface area contributed by atoms with E-state index in [-0.39, 0.29) is 0 Å². The molecule has 0 bridgehead atoms. The first-order chi connectivity index (χ1) is 9.83. The molecule has 104 valence electrons. The van der Waals surface area contributed by atoms with E-state index in [1.54, 1.807) is 12.4 Å². The number of aromatic amines is 1. The van der Waals surface area contributed by atoms with Crippen molar-refractivity contribution in [1.82, 2.24) is 29.7 Å². The highest BCUT2D eigenvalue weighted by Gasteiger charge is 2.15. The molecule has 0 fully saturated rings. The number of hydrogen-bond donors (Lipinski definition) is 2. The molecule has 0 radical (unpaired) electrons. The molecule has 3 aromatic heterocycles. The topological polar surface area (TPSA) is 84.3 Å². The predicted molar refractivity (Wildman–Crippen MR) is 77.4 cm³/mol. The largest absolute Gasteiger partial charge is 0.354 e. The molecule has 0 aromatic carbocycles. The van der Waals surface area contributed by atoms with Gasteiger partial charge in [0.05, 0.1) is 11.6 Å². The molecule has 0 spiro atoms. The van der Waals surface area contributed by atoms with Crippen LogP contribution in [0.15, 0.2) is 18.6 Å². The summed E-state index contributed by atoms with van der Waals surface area (Å²) in [6, 6.07) is 0. The van der Waals surface area contributed by atoms with Crippen LogP contribution in [-0.2, 0) is 6.54 Å². The average Bonchev–Trinajstić information content (AvgIpc) is 3.07.